The van der Waals surface area contributed by atoms with E-state index in [1.54, 1.807) is 4.90 Å². The third-order valence-corrected chi connectivity index (χ3v) is 2.50. The summed E-state index contributed by atoms with van der Waals surface area (Å²) in [5.74, 6) is -0.389. The van der Waals surface area contributed by atoms with E-state index < -0.39 is 11.9 Å². The largest absolute Gasteiger partial charge is 0.368 e. The number of hydrogen-bond acceptors (Lipinski definition) is 3. The van der Waals surface area contributed by atoms with Crippen LogP contribution in [-0.2, 0) is 9.59 Å². The van der Waals surface area contributed by atoms with Gasteiger partial charge in [0.2, 0.25) is 11.8 Å². The first-order chi connectivity index (χ1) is 6.66. The normalized spacial score (nSPS) is 18.6. The van der Waals surface area contributed by atoms with Crippen LogP contribution in [0, 0.1) is 0 Å². The fourth-order valence-electron chi connectivity index (χ4n) is 1.76. The minimum Gasteiger partial charge on any atom is -0.368 e. The first kappa shape index (κ1) is 11.0. The van der Waals surface area contributed by atoms with Crippen LogP contribution in [0.1, 0.15) is 25.7 Å². The first-order valence-corrected chi connectivity index (χ1v) is 4.95. The Bertz CT molecular complexity index is 230. The molecule has 1 heterocycles. The maximum Gasteiger partial charge on any atom is 0.240 e. The molecule has 0 aromatic rings. The highest BCUT2D eigenvalue weighted by atomic mass is 16.2. The van der Waals surface area contributed by atoms with Gasteiger partial charge < -0.3 is 16.4 Å². The van der Waals surface area contributed by atoms with Gasteiger partial charge in [-0.25, -0.2) is 0 Å². The maximum absolute atomic E-state index is 11.4. The van der Waals surface area contributed by atoms with E-state index in [1.165, 1.54) is 0 Å². The second-order valence-corrected chi connectivity index (χ2v) is 3.54. The molecule has 5 heteroatoms. The van der Waals surface area contributed by atoms with Gasteiger partial charge in [0.15, 0.2) is 0 Å². The van der Waals surface area contributed by atoms with Gasteiger partial charge >= 0.3 is 0 Å². The van der Waals surface area contributed by atoms with Crippen LogP contribution in [-0.4, -0.2) is 35.8 Å². The molecule has 1 atom stereocenters. The molecule has 0 bridgehead atoms. The van der Waals surface area contributed by atoms with Crippen molar-refractivity contribution in [3.05, 3.63) is 0 Å². The van der Waals surface area contributed by atoms with Crippen LogP contribution in [0.5, 0.6) is 0 Å². The number of carbonyl (C=O) groups is 2. The van der Waals surface area contributed by atoms with Crippen molar-refractivity contribution in [3.63, 3.8) is 0 Å². The summed E-state index contributed by atoms with van der Waals surface area (Å²) in [7, 11) is 0. The molecule has 1 fully saturated rings. The van der Waals surface area contributed by atoms with E-state index in [0.717, 1.165) is 12.8 Å². The number of primary amides is 1. The van der Waals surface area contributed by atoms with E-state index in [9.17, 15) is 9.59 Å². The standard InChI is InChI=1S/C9H17N3O2/c10-5-1-3-7(9(11)14)12-6-2-4-8(12)13/h7H,1-6,10H2,(H2,11,14)/t7-/m1/s1. The summed E-state index contributed by atoms with van der Waals surface area (Å²) in [6, 6.07) is -0.450. The zero-order valence-corrected chi connectivity index (χ0v) is 8.24. The van der Waals surface area contributed by atoms with Crippen LogP contribution in [0.4, 0.5) is 0 Å². The Morgan fingerprint density at radius 1 is 1.57 bits per heavy atom. The number of likely N-dealkylation sites (tertiary alicyclic amines) is 1. The molecule has 0 saturated carbocycles. The Labute approximate surface area is 83.4 Å². The summed E-state index contributed by atoms with van der Waals surface area (Å²) >= 11 is 0. The molecule has 0 spiro atoms. The predicted molar refractivity (Wildman–Crippen MR) is 52.2 cm³/mol. The molecule has 1 rings (SSSR count). The highest BCUT2D eigenvalue weighted by Gasteiger charge is 2.30. The third-order valence-electron chi connectivity index (χ3n) is 2.50. The van der Waals surface area contributed by atoms with Gasteiger partial charge in [-0.3, -0.25) is 9.59 Å². The predicted octanol–water partition coefficient (Wildman–Crippen LogP) is -0.798. The van der Waals surface area contributed by atoms with Crippen molar-refractivity contribution >= 4 is 11.8 Å². The minimum absolute atomic E-state index is 0.0332. The monoisotopic (exact) mass is 199 g/mol. The molecule has 0 aromatic heterocycles. The number of hydrogen-bond donors (Lipinski definition) is 2. The van der Waals surface area contributed by atoms with Gasteiger partial charge in [0.05, 0.1) is 0 Å². The molecule has 1 aliphatic rings. The minimum atomic E-state index is -0.450. The molecule has 5 nitrogen and oxygen atoms in total. The maximum atomic E-state index is 11.4. The fourth-order valence-corrected chi connectivity index (χ4v) is 1.76. The number of rotatable bonds is 5. The molecule has 0 aromatic carbocycles. The van der Waals surface area contributed by atoms with Crippen molar-refractivity contribution in [2.24, 2.45) is 11.5 Å². The summed E-state index contributed by atoms with van der Waals surface area (Å²) in [6.45, 7) is 1.17. The van der Waals surface area contributed by atoms with Crippen molar-refractivity contribution in [3.8, 4) is 0 Å². The lowest BCUT2D eigenvalue weighted by Gasteiger charge is -2.24. The SMILES string of the molecule is NCCC[C@H](C(N)=O)N1CCCC1=O. The van der Waals surface area contributed by atoms with Gasteiger partial charge in [-0.1, -0.05) is 0 Å². The highest BCUT2D eigenvalue weighted by Crippen LogP contribution is 2.16. The number of amides is 2. The molecule has 80 valence electrons. The average molecular weight is 199 g/mol. The molecular weight excluding hydrogens is 182 g/mol. The highest BCUT2D eigenvalue weighted by molar-refractivity contribution is 5.87. The molecule has 1 aliphatic heterocycles. The number of nitrogens with zero attached hydrogens (tertiary/aromatic N) is 1. The van der Waals surface area contributed by atoms with Crippen LogP contribution >= 0.6 is 0 Å². The van der Waals surface area contributed by atoms with E-state index in [-0.39, 0.29) is 5.91 Å². The summed E-state index contributed by atoms with van der Waals surface area (Å²) in [6.07, 6.45) is 2.66. The zero-order valence-electron chi connectivity index (χ0n) is 8.24. The van der Waals surface area contributed by atoms with Gasteiger partial charge in [0.1, 0.15) is 6.04 Å². The smallest absolute Gasteiger partial charge is 0.240 e. The first-order valence-electron chi connectivity index (χ1n) is 4.95. The fraction of sp³-hybridized carbons (Fsp3) is 0.778. The van der Waals surface area contributed by atoms with E-state index in [4.69, 9.17) is 11.5 Å². The van der Waals surface area contributed by atoms with Gasteiger partial charge in [-0.2, -0.15) is 0 Å². The Kier molecular flexibility index (Phi) is 3.88. The van der Waals surface area contributed by atoms with Crippen molar-refractivity contribution < 1.29 is 9.59 Å². The lowest BCUT2D eigenvalue weighted by atomic mass is 10.1. The molecule has 14 heavy (non-hydrogen) atoms. The van der Waals surface area contributed by atoms with E-state index >= 15 is 0 Å². The molecule has 0 radical (unpaired) electrons. The van der Waals surface area contributed by atoms with Crippen molar-refractivity contribution in [1.82, 2.24) is 4.90 Å². The van der Waals surface area contributed by atoms with E-state index in [2.05, 4.69) is 0 Å². The summed E-state index contributed by atoms with van der Waals surface area (Å²) in [4.78, 5) is 24.1. The van der Waals surface area contributed by atoms with Crippen LogP contribution in [0.3, 0.4) is 0 Å². The van der Waals surface area contributed by atoms with Gasteiger partial charge in [-0.05, 0) is 25.8 Å². The van der Waals surface area contributed by atoms with Crippen LogP contribution in [0.25, 0.3) is 0 Å². The summed E-state index contributed by atoms with van der Waals surface area (Å²) in [5, 5.41) is 0. The van der Waals surface area contributed by atoms with Crippen molar-refractivity contribution in [1.29, 1.82) is 0 Å². The Hall–Kier alpha value is -1.10. The average Bonchev–Trinajstić information content (AvgIpc) is 2.52. The van der Waals surface area contributed by atoms with E-state index in [1.807, 2.05) is 0 Å². The summed E-state index contributed by atoms with van der Waals surface area (Å²) in [5.41, 5.74) is 10.6. The van der Waals surface area contributed by atoms with Crippen molar-refractivity contribution in [2.45, 2.75) is 31.7 Å². The van der Waals surface area contributed by atoms with Crippen molar-refractivity contribution in [2.75, 3.05) is 13.1 Å². The molecule has 4 N–H and O–H groups in total. The Morgan fingerprint density at radius 2 is 2.29 bits per heavy atom. The van der Waals surface area contributed by atoms with Crippen LogP contribution in [0.15, 0.2) is 0 Å². The van der Waals surface area contributed by atoms with Gasteiger partial charge in [0, 0.05) is 13.0 Å². The molecule has 2 amide bonds. The topological polar surface area (TPSA) is 89.4 Å². The second kappa shape index (κ2) is 4.95. The third kappa shape index (κ3) is 2.45. The lowest BCUT2D eigenvalue weighted by molar-refractivity contribution is -0.136. The summed E-state index contributed by atoms with van der Waals surface area (Å²) < 4.78 is 0. The molecular formula is C9H17N3O2. The molecule has 0 unspecified atom stereocenters. The quantitative estimate of drug-likeness (QED) is 0.607. The Morgan fingerprint density at radius 3 is 2.71 bits per heavy atom. The Balaban J connectivity index is 2.57. The zero-order chi connectivity index (χ0) is 10.6. The lowest BCUT2D eigenvalue weighted by Crippen LogP contribution is -2.45. The number of nitrogens with two attached hydrogens (primary N) is 2. The van der Waals surface area contributed by atoms with Gasteiger partial charge in [-0.15, -0.1) is 0 Å². The van der Waals surface area contributed by atoms with Crippen LogP contribution < -0.4 is 11.5 Å². The number of carbonyl (C=O) groups excluding carboxylic acids is 2. The van der Waals surface area contributed by atoms with Crippen LogP contribution in [0.2, 0.25) is 0 Å². The molecule has 1 saturated heterocycles. The van der Waals surface area contributed by atoms with E-state index in [0.29, 0.717) is 25.9 Å². The second-order valence-electron chi connectivity index (χ2n) is 3.54. The van der Waals surface area contributed by atoms with Gasteiger partial charge in [0.25, 0.3) is 0 Å². The molecule has 0 aliphatic carbocycles.